The number of aromatic nitrogens is 4. The van der Waals surface area contributed by atoms with E-state index in [0.29, 0.717) is 6.61 Å². The van der Waals surface area contributed by atoms with Crippen molar-refractivity contribution in [3.05, 3.63) is 34.9 Å². The van der Waals surface area contributed by atoms with Gasteiger partial charge in [-0.1, -0.05) is 41.6 Å². The van der Waals surface area contributed by atoms with Crippen molar-refractivity contribution in [2.45, 2.75) is 17.5 Å². The van der Waals surface area contributed by atoms with Crippen molar-refractivity contribution in [1.29, 1.82) is 0 Å². The normalized spacial score (nSPS) is 11.0. The molecule has 1 aromatic carbocycles. The summed E-state index contributed by atoms with van der Waals surface area (Å²) < 4.78 is 6.77. The van der Waals surface area contributed by atoms with Crippen LogP contribution in [0.1, 0.15) is 5.56 Å². The van der Waals surface area contributed by atoms with Crippen LogP contribution in [-0.4, -0.2) is 47.0 Å². The van der Waals surface area contributed by atoms with Gasteiger partial charge in [-0.25, -0.2) is 4.68 Å². The van der Waals surface area contributed by atoms with E-state index in [4.69, 9.17) is 16.3 Å². The van der Waals surface area contributed by atoms with E-state index < -0.39 is 0 Å². The number of tetrazole rings is 1. The Morgan fingerprint density at radius 2 is 2.19 bits per heavy atom. The van der Waals surface area contributed by atoms with E-state index in [1.807, 2.05) is 24.3 Å². The predicted molar refractivity (Wildman–Crippen MR) is 83.6 cm³/mol. The SMILES string of the molecule is COCCNCCn1nnnc1SCc1ccccc1Cl. The standard InChI is InChI=1S/C13H18ClN5OS/c1-20-9-7-15-6-8-19-13(16-17-18-19)21-10-11-4-2-3-5-12(11)14/h2-5,15H,6-10H2,1H3. The quantitative estimate of drug-likeness (QED) is 0.560. The van der Waals surface area contributed by atoms with Crippen LogP contribution in [0.3, 0.4) is 0 Å². The average molecular weight is 328 g/mol. The van der Waals surface area contributed by atoms with E-state index in [1.54, 1.807) is 23.6 Å². The third kappa shape index (κ3) is 5.28. The molecule has 2 aromatic rings. The molecule has 2 rings (SSSR count). The van der Waals surface area contributed by atoms with Gasteiger partial charge in [0.2, 0.25) is 5.16 Å². The van der Waals surface area contributed by atoms with Crippen LogP contribution >= 0.6 is 23.4 Å². The number of benzene rings is 1. The molecule has 0 aliphatic rings. The Kier molecular flexibility index (Phi) is 6.94. The molecule has 114 valence electrons. The molecule has 0 aliphatic heterocycles. The first-order valence-corrected chi connectivity index (χ1v) is 7.99. The topological polar surface area (TPSA) is 64.9 Å². The highest BCUT2D eigenvalue weighted by Gasteiger charge is 2.08. The van der Waals surface area contributed by atoms with Gasteiger partial charge in [0.25, 0.3) is 0 Å². The van der Waals surface area contributed by atoms with Crippen molar-refractivity contribution in [3.8, 4) is 0 Å². The summed E-state index contributed by atoms with van der Waals surface area (Å²) >= 11 is 7.72. The molecule has 0 bridgehead atoms. The number of halogens is 1. The summed E-state index contributed by atoms with van der Waals surface area (Å²) in [5, 5.41) is 16.6. The monoisotopic (exact) mass is 327 g/mol. The zero-order valence-electron chi connectivity index (χ0n) is 11.8. The Bertz CT molecular complexity index is 551. The Balaban J connectivity index is 1.81. The number of nitrogens with one attached hydrogen (secondary N) is 1. The van der Waals surface area contributed by atoms with Crippen molar-refractivity contribution in [1.82, 2.24) is 25.5 Å². The van der Waals surface area contributed by atoms with Crippen LogP contribution in [-0.2, 0) is 17.0 Å². The number of hydrogen-bond acceptors (Lipinski definition) is 6. The van der Waals surface area contributed by atoms with Crippen molar-refractivity contribution in [3.63, 3.8) is 0 Å². The molecule has 0 radical (unpaired) electrons. The van der Waals surface area contributed by atoms with E-state index in [1.165, 1.54) is 0 Å². The molecule has 8 heteroatoms. The molecular formula is C13H18ClN5OS. The first-order chi connectivity index (χ1) is 10.3. The summed E-state index contributed by atoms with van der Waals surface area (Å²) in [6, 6.07) is 7.80. The van der Waals surface area contributed by atoms with Gasteiger partial charge in [-0.05, 0) is 22.1 Å². The van der Waals surface area contributed by atoms with E-state index in [2.05, 4.69) is 20.8 Å². The lowest BCUT2D eigenvalue weighted by atomic mass is 10.2. The molecule has 0 spiro atoms. The predicted octanol–water partition coefficient (Wildman–Crippen LogP) is 1.85. The zero-order valence-corrected chi connectivity index (χ0v) is 13.4. The molecule has 1 aromatic heterocycles. The summed E-state index contributed by atoms with van der Waals surface area (Å²) in [6.45, 7) is 3.04. The Morgan fingerprint density at radius 1 is 1.33 bits per heavy atom. The molecule has 6 nitrogen and oxygen atoms in total. The highest BCUT2D eigenvalue weighted by Crippen LogP contribution is 2.24. The fourth-order valence-electron chi connectivity index (χ4n) is 1.68. The van der Waals surface area contributed by atoms with Gasteiger partial charge in [0.05, 0.1) is 13.2 Å². The Morgan fingerprint density at radius 3 is 3.00 bits per heavy atom. The van der Waals surface area contributed by atoms with Gasteiger partial charge in [0.15, 0.2) is 0 Å². The van der Waals surface area contributed by atoms with E-state index >= 15 is 0 Å². The van der Waals surface area contributed by atoms with Crippen LogP contribution in [0.2, 0.25) is 5.02 Å². The maximum atomic E-state index is 6.14. The number of thioether (sulfide) groups is 1. The molecule has 0 unspecified atom stereocenters. The highest BCUT2D eigenvalue weighted by molar-refractivity contribution is 7.98. The van der Waals surface area contributed by atoms with Crippen LogP contribution < -0.4 is 5.32 Å². The van der Waals surface area contributed by atoms with Gasteiger partial charge in [0.1, 0.15) is 0 Å². The number of rotatable bonds is 9. The largest absolute Gasteiger partial charge is 0.383 e. The molecule has 1 N–H and O–H groups in total. The highest BCUT2D eigenvalue weighted by atomic mass is 35.5. The van der Waals surface area contributed by atoms with E-state index in [-0.39, 0.29) is 0 Å². The number of ether oxygens (including phenoxy) is 1. The number of hydrogen-bond donors (Lipinski definition) is 1. The summed E-state index contributed by atoms with van der Waals surface area (Å²) in [7, 11) is 1.69. The summed E-state index contributed by atoms with van der Waals surface area (Å²) in [5.41, 5.74) is 1.08. The molecule has 21 heavy (non-hydrogen) atoms. The van der Waals surface area contributed by atoms with Crippen molar-refractivity contribution in [2.75, 3.05) is 26.8 Å². The van der Waals surface area contributed by atoms with E-state index in [0.717, 1.165) is 41.1 Å². The van der Waals surface area contributed by atoms with Crippen molar-refractivity contribution >= 4 is 23.4 Å². The molecule has 0 fully saturated rings. The van der Waals surface area contributed by atoms with Crippen LogP contribution in [0.5, 0.6) is 0 Å². The van der Waals surface area contributed by atoms with Gasteiger partial charge in [0, 0.05) is 31.0 Å². The van der Waals surface area contributed by atoms with Gasteiger partial charge in [-0.2, -0.15) is 0 Å². The van der Waals surface area contributed by atoms with Crippen LogP contribution in [0.15, 0.2) is 29.4 Å². The minimum Gasteiger partial charge on any atom is -0.383 e. The minimum atomic E-state index is 0.698. The zero-order chi connectivity index (χ0) is 14.9. The van der Waals surface area contributed by atoms with Gasteiger partial charge in [-0.15, -0.1) is 5.10 Å². The van der Waals surface area contributed by atoms with Crippen LogP contribution in [0, 0.1) is 0 Å². The van der Waals surface area contributed by atoms with Crippen molar-refractivity contribution < 1.29 is 4.74 Å². The second-order valence-electron chi connectivity index (χ2n) is 4.31. The molecule has 0 amide bonds. The van der Waals surface area contributed by atoms with Gasteiger partial charge in [-0.3, -0.25) is 0 Å². The molecular weight excluding hydrogens is 310 g/mol. The fraction of sp³-hybridized carbons (Fsp3) is 0.462. The molecule has 0 aliphatic carbocycles. The van der Waals surface area contributed by atoms with Crippen LogP contribution in [0.4, 0.5) is 0 Å². The first-order valence-electron chi connectivity index (χ1n) is 6.63. The fourth-order valence-corrected chi connectivity index (χ4v) is 2.87. The smallest absolute Gasteiger partial charge is 0.209 e. The molecule has 0 atom stereocenters. The third-order valence-corrected chi connectivity index (χ3v) is 4.17. The Hall–Kier alpha value is -1.15. The molecule has 1 heterocycles. The summed E-state index contributed by atoms with van der Waals surface area (Å²) in [5.74, 6) is 0.747. The lowest BCUT2D eigenvalue weighted by molar-refractivity contribution is 0.199. The van der Waals surface area contributed by atoms with Gasteiger partial charge < -0.3 is 10.1 Å². The second kappa shape index (κ2) is 8.99. The minimum absolute atomic E-state index is 0.698. The Labute approximate surface area is 133 Å². The third-order valence-electron chi connectivity index (χ3n) is 2.80. The lowest BCUT2D eigenvalue weighted by Gasteiger charge is -2.06. The molecule has 0 saturated heterocycles. The van der Waals surface area contributed by atoms with E-state index in [9.17, 15) is 0 Å². The molecule has 0 saturated carbocycles. The van der Waals surface area contributed by atoms with Gasteiger partial charge >= 0.3 is 0 Å². The van der Waals surface area contributed by atoms with Crippen LogP contribution in [0.25, 0.3) is 0 Å². The lowest BCUT2D eigenvalue weighted by Crippen LogP contribution is -2.24. The second-order valence-corrected chi connectivity index (χ2v) is 5.66. The first kappa shape index (κ1) is 16.2. The number of nitrogens with zero attached hydrogens (tertiary/aromatic N) is 4. The van der Waals surface area contributed by atoms with Crippen molar-refractivity contribution in [2.24, 2.45) is 0 Å². The summed E-state index contributed by atoms with van der Waals surface area (Å²) in [4.78, 5) is 0. The summed E-state index contributed by atoms with van der Waals surface area (Å²) in [6.07, 6.45) is 0. The maximum Gasteiger partial charge on any atom is 0.209 e. The maximum absolute atomic E-state index is 6.14. The number of methoxy groups -OCH3 is 1. The average Bonchev–Trinajstić information content (AvgIpc) is 2.94.